The van der Waals surface area contributed by atoms with E-state index in [9.17, 15) is 9.59 Å². The lowest BCUT2D eigenvalue weighted by atomic mass is 9.49. The molecule has 1 amide bonds. The maximum Gasteiger partial charge on any atom is 0.306 e. The minimum Gasteiger partial charge on any atom is -0.456 e. The Hall–Kier alpha value is -0.840. The van der Waals surface area contributed by atoms with Crippen LogP contribution in [0.4, 0.5) is 0 Å². The minimum absolute atomic E-state index is 0.0995. The Morgan fingerprint density at radius 2 is 1.95 bits per heavy atom. The van der Waals surface area contributed by atoms with Gasteiger partial charge in [-0.1, -0.05) is 22.0 Å². The summed E-state index contributed by atoms with van der Waals surface area (Å²) in [5, 5.41) is 2.61. The van der Waals surface area contributed by atoms with E-state index in [0.717, 1.165) is 31.1 Å². The van der Waals surface area contributed by atoms with Gasteiger partial charge in [0.05, 0.1) is 6.42 Å². The standard InChI is InChI=1S/C17H24BrNO3/c1-2-3-19-14(20)10-22-15(21)9-16-5-12-4-13(6-16)8-17(18,7-12)11-16/h2,12-13H,1,3-11H2,(H,19,20). The molecular weight excluding hydrogens is 346 g/mol. The van der Waals surface area contributed by atoms with Crippen LogP contribution in [-0.2, 0) is 14.3 Å². The van der Waals surface area contributed by atoms with Crippen LogP contribution in [-0.4, -0.2) is 29.4 Å². The van der Waals surface area contributed by atoms with E-state index in [1.54, 1.807) is 6.08 Å². The highest BCUT2D eigenvalue weighted by atomic mass is 79.9. The third-order valence-electron chi connectivity index (χ3n) is 5.44. The molecule has 4 saturated carbocycles. The summed E-state index contributed by atoms with van der Waals surface area (Å²) in [6, 6.07) is 0. The average Bonchev–Trinajstić information content (AvgIpc) is 2.39. The van der Waals surface area contributed by atoms with Crippen molar-refractivity contribution in [3.63, 3.8) is 0 Å². The zero-order valence-electron chi connectivity index (χ0n) is 12.9. The van der Waals surface area contributed by atoms with Gasteiger partial charge in [-0.25, -0.2) is 0 Å². The van der Waals surface area contributed by atoms with E-state index in [4.69, 9.17) is 4.74 Å². The molecule has 4 aliphatic rings. The van der Waals surface area contributed by atoms with Gasteiger partial charge in [0, 0.05) is 10.9 Å². The number of esters is 1. The Bertz CT molecular complexity index is 476. The number of nitrogens with one attached hydrogen (secondary N) is 1. The second kappa shape index (κ2) is 5.99. The molecule has 0 radical (unpaired) electrons. The highest BCUT2D eigenvalue weighted by Crippen LogP contribution is 2.65. The number of hydrogen-bond donors (Lipinski definition) is 1. The van der Waals surface area contributed by atoms with E-state index < -0.39 is 0 Å². The molecule has 4 aliphatic carbocycles. The van der Waals surface area contributed by atoms with Gasteiger partial charge in [-0.15, -0.1) is 6.58 Å². The van der Waals surface area contributed by atoms with Crippen LogP contribution in [0.2, 0.25) is 0 Å². The van der Waals surface area contributed by atoms with Gasteiger partial charge in [-0.05, 0) is 55.8 Å². The zero-order chi connectivity index (χ0) is 15.8. The number of halogens is 1. The van der Waals surface area contributed by atoms with Gasteiger partial charge < -0.3 is 10.1 Å². The van der Waals surface area contributed by atoms with Crippen molar-refractivity contribution < 1.29 is 14.3 Å². The number of carbonyl (C=O) groups is 2. The molecule has 0 spiro atoms. The molecule has 0 heterocycles. The highest BCUT2D eigenvalue weighted by molar-refractivity contribution is 9.10. The summed E-state index contributed by atoms with van der Waals surface area (Å²) in [4.78, 5) is 23.7. The van der Waals surface area contributed by atoms with Gasteiger partial charge in [-0.2, -0.15) is 0 Å². The Morgan fingerprint density at radius 1 is 1.27 bits per heavy atom. The number of rotatable bonds is 6. The molecule has 0 aromatic carbocycles. The second-order valence-electron chi connectivity index (χ2n) is 7.54. The van der Waals surface area contributed by atoms with Crippen molar-refractivity contribution in [3.05, 3.63) is 12.7 Å². The van der Waals surface area contributed by atoms with Gasteiger partial charge in [0.15, 0.2) is 6.61 Å². The van der Waals surface area contributed by atoms with E-state index in [1.807, 2.05) is 0 Å². The molecule has 4 fully saturated rings. The Morgan fingerprint density at radius 3 is 2.55 bits per heavy atom. The van der Waals surface area contributed by atoms with Gasteiger partial charge in [0.1, 0.15) is 0 Å². The molecule has 0 aromatic rings. The fourth-order valence-electron chi connectivity index (χ4n) is 5.28. The highest BCUT2D eigenvalue weighted by Gasteiger charge is 2.57. The Balaban J connectivity index is 1.53. The molecule has 22 heavy (non-hydrogen) atoms. The number of hydrogen-bond acceptors (Lipinski definition) is 3. The molecule has 2 unspecified atom stereocenters. The van der Waals surface area contributed by atoms with Crippen LogP contribution >= 0.6 is 15.9 Å². The fourth-order valence-corrected chi connectivity index (χ4v) is 6.79. The van der Waals surface area contributed by atoms with Crippen LogP contribution in [0, 0.1) is 17.3 Å². The number of carbonyl (C=O) groups excluding carboxylic acids is 2. The average molecular weight is 370 g/mol. The topological polar surface area (TPSA) is 55.4 Å². The molecular formula is C17H24BrNO3. The number of amides is 1. The first-order chi connectivity index (χ1) is 10.4. The first kappa shape index (κ1) is 16.0. The summed E-state index contributed by atoms with van der Waals surface area (Å²) in [7, 11) is 0. The van der Waals surface area contributed by atoms with Crippen LogP contribution in [0.5, 0.6) is 0 Å². The van der Waals surface area contributed by atoms with E-state index in [0.29, 0.717) is 13.0 Å². The smallest absolute Gasteiger partial charge is 0.306 e. The largest absolute Gasteiger partial charge is 0.456 e. The zero-order valence-corrected chi connectivity index (χ0v) is 14.5. The summed E-state index contributed by atoms with van der Waals surface area (Å²) in [5.74, 6) is 1.01. The van der Waals surface area contributed by atoms with Crippen molar-refractivity contribution in [2.45, 2.75) is 49.3 Å². The van der Waals surface area contributed by atoms with E-state index in [1.165, 1.54) is 19.3 Å². The maximum atomic E-state index is 12.2. The SMILES string of the molecule is C=CCNC(=O)COC(=O)CC12CC3CC(CC(Br)(C3)C1)C2. The summed E-state index contributed by atoms with van der Waals surface area (Å²) in [6.07, 6.45) is 9.27. The van der Waals surface area contributed by atoms with Crippen molar-refractivity contribution in [3.8, 4) is 0 Å². The number of ether oxygens (including phenoxy) is 1. The quantitative estimate of drug-likeness (QED) is 0.444. The van der Waals surface area contributed by atoms with Crippen molar-refractivity contribution >= 4 is 27.8 Å². The molecule has 4 nitrogen and oxygen atoms in total. The first-order valence-electron chi connectivity index (χ1n) is 8.14. The van der Waals surface area contributed by atoms with Crippen LogP contribution in [0.1, 0.15) is 44.9 Å². The maximum absolute atomic E-state index is 12.2. The van der Waals surface area contributed by atoms with Gasteiger partial charge in [-0.3, -0.25) is 9.59 Å². The third-order valence-corrected chi connectivity index (χ3v) is 6.37. The minimum atomic E-state index is -0.268. The molecule has 0 aromatic heterocycles. The van der Waals surface area contributed by atoms with E-state index in [-0.39, 0.29) is 28.2 Å². The monoisotopic (exact) mass is 369 g/mol. The molecule has 122 valence electrons. The molecule has 4 rings (SSSR count). The van der Waals surface area contributed by atoms with E-state index >= 15 is 0 Å². The molecule has 0 saturated heterocycles. The molecule has 4 bridgehead atoms. The van der Waals surface area contributed by atoms with Crippen LogP contribution in [0.15, 0.2) is 12.7 Å². The number of alkyl halides is 1. The van der Waals surface area contributed by atoms with Crippen LogP contribution < -0.4 is 5.32 Å². The van der Waals surface area contributed by atoms with Crippen molar-refractivity contribution in [2.24, 2.45) is 17.3 Å². The first-order valence-corrected chi connectivity index (χ1v) is 8.93. The van der Waals surface area contributed by atoms with Crippen molar-refractivity contribution in [1.29, 1.82) is 0 Å². The van der Waals surface area contributed by atoms with Crippen molar-refractivity contribution in [2.75, 3.05) is 13.2 Å². The summed E-state index contributed by atoms with van der Waals surface area (Å²) in [5.41, 5.74) is 0.0995. The molecule has 0 aliphatic heterocycles. The fraction of sp³-hybridized carbons (Fsp3) is 0.765. The molecule has 5 heteroatoms. The molecule has 2 atom stereocenters. The van der Waals surface area contributed by atoms with Crippen molar-refractivity contribution in [1.82, 2.24) is 5.32 Å². The molecule has 1 N–H and O–H groups in total. The van der Waals surface area contributed by atoms with E-state index in [2.05, 4.69) is 27.8 Å². The Labute approximate surface area is 140 Å². The lowest BCUT2D eigenvalue weighted by Crippen LogP contribution is -2.53. The normalized spacial score (nSPS) is 38.6. The van der Waals surface area contributed by atoms with Crippen LogP contribution in [0.25, 0.3) is 0 Å². The third kappa shape index (κ3) is 3.39. The predicted octanol–water partition coefficient (Wildman–Crippen LogP) is 2.96. The Kier molecular flexibility index (Phi) is 4.36. The lowest BCUT2D eigenvalue weighted by Gasteiger charge is -2.60. The van der Waals surface area contributed by atoms with Gasteiger partial charge in [0.2, 0.25) is 0 Å². The summed E-state index contributed by atoms with van der Waals surface area (Å²) < 4.78 is 5.42. The lowest BCUT2D eigenvalue weighted by molar-refractivity contribution is -0.154. The van der Waals surface area contributed by atoms with Gasteiger partial charge >= 0.3 is 5.97 Å². The van der Waals surface area contributed by atoms with Gasteiger partial charge in [0.25, 0.3) is 5.91 Å². The summed E-state index contributed by atoms with van der Waals surface area (Å²) >= 11 is 3.95. The predicted molar refractivity (Wildman–Crippen MR) is 87.6 cm³/mol. The second-order valence-corrected chi connectivity index (χ2v) is 9.22. The summed E-state index contributed by atoms with van der Waals surface area (Å²) in [6.45, 7) is 3.74. The van der Waals surface area contributed by atoms with Crippen LogP contribution in [0.3, 0.4) is 0 Å².